The summed E-state index contributed by atoms with van der Waals surface area (Å²) in [6.45, 7) is 0. The monoisotopic (exact) mass is 192 g/mol. The van der Waals surface area contributed by atoms with Crippen molar-refractivity contribution in [3.05, 3.63) is 53.9 Å². The molecule has 72 valence electrons. The Bertz CT molecular complexity index is 391. The van der Waals surface area contributed by atoms with Gasteiger partial charge in [0.05, 0.1) is 0 Å². The maximum absolute atomic E-state index is 13.0. The topological polar surface area (TPSA) is 0 Å². The summed E-state index contributed by atoms with van der Waals surface area (Å²) in [6.07, 6.45) is 4.39. The molecule has 0 fully saturated rings. The van der Waals surface area contributed by atoms with Gasteiger partial charge in [0.2, 0.25) is 0 Å². The third kappa shape index (κ3) is 1.90. The van der Waals surface area contributed by atoms with Crippen LogP contribution in [0.3, 0.4) is 0 Å². The minimum absolute atomic E-state index is 0.284. The summed E-state index contributed by atoms with van der Waals surface area (Å²) in [5.74, 6) is -0.284. The van der Waals surface area contributed by atoms with E-state index in [-0.39, 0.29) is 5.82 Å². The number of halogens is 2. The summed E-state index contributed by atoms with van der Waals surface area (Å²) in [5.41, 5.74) is 1.61. The number of benzene rings is 1. The van der Waals surface area contributed by atoms with Gasteiger partial charge in [0.25, 0.3) is 0 Å². The van der Waals surface area contributed by atoms with Gasteiger partial charge in [0.15, 0.2) is 0 Å². The summed E-state index contributed by atoms with van der Waals surface area (Å²) in [5, 5.41) is 0. The van der Waals surface area contributed by atoms with E-state index >= 15 is 0 Å². The quantitative estimate of drug-likeness (QED) is 0.638. The first-order valence-corrected chi connectivity index (χ1v) is 4.53. The van der Waals surface area contributed by atoms with Gasteiger partial charge in [0.1, 0.15) is 12.0 Å². The lowest BCUT2D eigenvalue weighted by molar-refractivity contribution is 0.406. The summed E-state index contributed by atoms with van der Waals surface area (Å²) in [6, 6.07) is 6.24. The zero-order valence-electron chi connectivity index (χ0n) is 7.58. The molecular weight excluding hydrogens is 182 g/mol. The van der Waals surface area contributed by atoms with Gasteiger partial charge in [-0.1, -0.05) is 30.4 Å². The normalized spacial score (nSPS) is 20.7. The van der Waals surface area contributed by atoms with Crippen molar-refractivity contribution in [1.29, 1.82) is 0 Å². The van der Waals surface area contributed by atoms with Crippen molar-refractivity contribution in [1.82, 2.24) is 0 Å². The van der Waals surface area contributed by atoms with Crippen molar-refractivity contribution in [2.24, 2.45) is 0 Å². The van der Waals surface area contributed by atoms with Crippen LogP contribution in [0, 0.1) is 5.82 Å². The molecule has 1 aromatic carbocycles. The zero-order chi connectivity index (χ0) is 9.97. The number of alkyl halides is 1. The molecule has 2 heteroatoms. The van der Waals surface area contributed by atoms with Crippen molar-refractivity contribution in [3.8, 4) is 0 Å². The summed E-state index contributed by atoms with van der Waals surface area (Å²) in [7, 11) is 0. The Hall–Kier alpha value is -1.44. The van der Waals surface area contributed by atoms with Crippen LogP contribution in [0.15, 0.2) is 42.5 Å². The molecule has 0 bridgehead atoms. The van der Waals surface area contributed by atoms with Crippen molar-refractivity contribution in [2.45, 2.75) is 12.6 Å². The van der Waals surface area contributed by atoms with Crippen molar-refractivity contribution >= 4 is 5.57 Å². The lowest BCUT2D eigenvalue weighted by Crippen LogP contribution is -2.01. The Morgan fingerprint density at radius 2 is 2.14 bits per heavy atom. The third-order valence-electron chi connectivity index (χ3n) is 2.23. The number of hydrogen-bond acceptors (Lipinski definition) is 0. The van der Waals surface area contributed by atoms with Gasteiger partial charge >= 0.3 is 0 Å². The first-order valence-electron chi connectivity index (χ1n) is 4.53. The molecule has 2 rings (SSSR count). The molecule has 0 nitrogen and oxygen atoms in total. The van der Waals surface area contributed by atoms with E-state index in [0.29, 0.717) is 6.42 Å². The van der Waals surface area contributed by atoms with Gasteiger partial charge in [-0.2, -0.15) is 0 Å². The summed E-state index contributed by atoms with van der Waals surface area (Å²) >= 11 is 0. The van der Waals surface area contributed by atoms with Gasteiger partial charge in [-0.3, -0.25) is 0 Å². The Balaban J connectivity index is 2.31. The predicted molar refractivity (Wildman–Crippen MR) is 53.0 cm³/mol. The van der Waals surface area contributed by atoms with E-state index in [0.717, 1.165) is 11.1 Å². The fourth-order valence-corrected chi connectivity index (χ4v) is 1.54. The SMILES string of the molecule is Fc1cccc(C2=CC=CC(F)C2)c1. The molecule has 0 spiro atoms. The molecule has 1 unspecified atom stereocenters. The molecule has 0 saturated heterocycles. The van der Waals surface area contributed by atoms with Gasteiger partial charge in [0, 0.05) is 6.42 Å². The second kappa shape index (κ2) is 3.74. The van der Waals surface area contributed by atoms with Crippen LogP contribution in [0.1, 0.15) is 12.0 Å². The fraction of sp³-hybridized carbons (Fsp3) is 0.167. The second-order valence-electron chi connectivity index (χ2n) is 3.31. The molecule has 0 heterocycles. The Morgan fingerprint density at radius 1 is 1.29 bits per heavy atom. The molecule has 0 saturated carbocycles. The highest BCUT2D eigenvalue weighted by molar-refractivity contribution is 5.68. The maximum atomic E-state index is 13.0. The van der Waals surface area contributed by atoms with Crippen LogP contribution in [-0.4, -0.2) is 6.17 Å². The van der Waals surface area contributed by atoms with Crippen LogP contribution in [0.4, 0.5) is 8.78 Å². The van der Waals surface area contributed by atoms with Crippen LogP contribution >= 0.6 is 0 Å². The molecular formula is C12H10F2. The van der Waals surface area contributed by atoms with Crippen molar-refractivity contribution in [2.75, 3.05) is 0 Å². The largest absolute Gasteiger partial charge is 0.243 e. The van der Waals surface area contributed by atoms with Crippen LogP contribution in [0.2, 0.25) is 0 Å². The highest BCUT2D eigenvalue weighted by Crippen LogP contribution is 2.25. The van der Waals surface area contributed by atoms with Gasteiger partial charge in [-0.05, 0) is 23.3 Å². The lowest BCUT2D eigenvalue weighted by atomic mass is 9.96. The first kappa shape index (κ1) is 9.13. The van der Waals surface area contributed by atoms with E-state index < -0.39 is 6.17 Å². The van der Waals surface area contributed by atoms with E-state index in [1.165, 1.54) is 18.2 Å². The average molecular weight is 192 g/mol. The van der Waals surface area contributed by atoms with E-state index in [4.69, 9.17) is 0 Å². The van der Waals surface area contributed by atoms with Crippen LogP contribution in [-0.2, 0) is 0 Å². The second-order valence-corrected chi connectivity index (χ2v) is 3.31. The molecule has 0 aromatic heterocycles. The van der Waals surface area contributed by atoms with Crippen molar-refractivity contribution < 1.29 is 8.78 Å². The molecule has 1 aliphatic rings. The highest BCUT2D eigenvalue weighted by Gasteiger charge is 2.11. The van der Waals surface area contributed by atoms with Crippen LogP contribution in [0.25, 0.3) is 5.57 Å². The molecule has 1 aromatic rings. The number of hydrogen-bond donors (Lipinski definition) is 0. The molecule has 0 radical (unpaired) electrons. The minimum atomic E-state index is -0.946. The Labute approximate surface area is 81.6 Å². The Kier molecular flexibility index (Phi) is 2.44. The molecule has 0 amide bonds. The Morgan fingerprint density at radius 3 is 2.86 bits per heavy atom. The first-order chi connectivity index (χ1) is 6.75. The third-order valence-corrected chi connectivity index (χ3v) is 2.23. The van der Waals surface area contributed by atoms with E-state index in [1.54, 1.807) is 18.2 Å². The molecule has 0 N–H and O–H groups in total. The standard InChI is InChI=1S/C12H10F2/c13-11-5-1-3-9(7-11)10-4-2-6-12(14)8-10/h1-7,12H,8H2. The van der Waals surface area contributed by atoms with Gasteiger partial charge in [-0.25, -0.2) is 8.78 Å². The van der Waals surface area contributed by atoms with Crippen LogP contribution < -0.4 is 0 Å². The average Bonchev–Trinajstić information content (AvgIpc) is 2.18. The highest BCUT2D eigenvalue weighted by atomic mass is 19.1. The molecule has 1 atom stereocenters. The molecule has 0 aliphatic heterocycles. The van der Waals surface area contributed by atoms with Crippen molar-refractivity contribution in [3.63, 3.8) is 0 Å². The fourth-order valence-electron chi connectivity index (χ4n) is 1.54. The summed E-state index contributed by atoms with van der Waals surface area (Å²) < 4.78 is 25.9. The van der Waals surface area contributed by atoms with E-state index in [9.17, 15) is 8.78 Å². The van der Waals surface area contributed by atoms with E-state index in [1.807, 2.05) is 6.08 Å². The smallest absolute Gasteiger partial charge is 0.123 e. The minimum Gasteiger partial charge on any atom is -0.243 e. The van der Waals surface area contributed by atoms with Crippen LogP contribution in [0.5, 0.6) is 0 Å². The maximum Gasteiger partial charge on any atom is 0.123 e. The molecule has 14 heavy (non-hydrogen) atoms. The zero-order valence-corrected chi connectivity index (χ0v) is 7.58. The summed E-state index contributed by atoms with van der Waals surface area (Å²) in [4.78, 5) is 0. The number of rotatable bonds is 1. The number of allylic oxidation sites excluding steroid dienone is 4. The van der Waals surface area contributed by atoms with Gasteiger partial charge in [-0.15, -0.1) is 0 Å². The predicted octanol–water partition coefficient (Wildman–Crippen LogP) is 3.51. The van der Waals surface area contributed by atoms with E-state index in [2.05, 4.69) is 0 Å². The lowest BCUT2D eigenvalue weighted by Gasteiger charge is -2.12. The molecule has 1 aliphatic carbocycles. The van der Waals surface area contributed by atoms with Gasteiger partial charge < -0.3 is 0 Å².